The Balaban J connectivity index is 0.000000155. The van der Waals surface area contributed by atoms with Crippen molar-refractivity contribution in [2.24, 2.45) is 5.73 Å². The van der Waals surface area contributed by atoms with Gasteiger partial charge < -0.3 is 21.7 Å². The van der Waals surface area contributed by atoms with Crippen LogP contribution in [-0.4, -0.2) is 46.1 Å². The Morgan fingerprint density at radius 2 is 1.22 bits per heavy atom. The zero-order chi connectivity index (χ0) is 38.6. The minimum Gasteiger partial charge on any atom is -0.369 e. The van der Waals surface area contributed by atoms with Crippen LogP contribution in [0.25, 0.3) is 20.4 Å². The van der Waals surface area contributed by atoms with E-state index in [2.05, 4.69) is 42.8 Å². The molecule has 5 N–H and O–H groups in total. The molecule has 6 aromatic rings. The monoisotopic (exact) mass is 804 g/mol. The Hall–Kier alpha value is -3.65. The highest BCUT2D eigenvalue weighted by atomic mass is 35.5. The highest BCUT2D eigenvalue weighted by molar-refractivity contribution is 7.19. The first-order chi connectivity index (χ1) is 26.8. The second-order valence-electron chi connectivity index (χ2n) is 14.1. The number of aryl methyl sites for hydroxylation is 4. The molecule has 8 nitrogen and oxygen atoms in total. The predicted molar refractivity (Wildman–Crippen MR) is 226 cm³/mol. The van der Waals surface area contributed by atoms with Crippen LogP contribution in [0.4, 0.5) is 14.6 Å². The third-order valence-corrected chi connectivity index (χ3v) is 12.8. The number of nitrogens with two attached hydrogens (primary N) is 1. The molecule has 0 aliphatic heterocycles. The fourth-order valence-electron chi connectivity index (χ4n) is 7.10. The summed E-state index contributed by atoms with van der Waals surface area (Å²) in [4.78, 5) is 22.4. The van der Waals surface area contributed by atoms with Gasteiger partial charge in [0.05, 0.1) is 10.8 Å². The quantitative estimate of drug-likeness (QED) is 0.0715. The lowest BCUT2D eigenvalue weighted by atomic mass is 9.97. The molecular formula is C42H51ClF2N8S2. The van der Waals surface area contributed by atoms with Crippen LogP contribution in [-0.2, 0) is 25.7 Å². The van der Waals surface area contributed by atoms with E-state index in [-0.39, 0.29) is 23.7 Å². The van der Waals surface area contributed by atoms with E-state index < -0.39 is 0 Å². The summed E-state index contributed by atoms with van der Waals surface area (Å²) in [6.07, 6.45) is 14.9. The summed E-state index contributed by atoms with van der Waals surface area (Å²) in [6.45, 7) is 7.34. The van der Waals surface area contributed by atoms with E-state index in [9.17, 15) is 8.78 Å². The van der Waals surface area contributed by atoms with E-state index in [1.807, 2.05) is 30.4 Å². The van der Waals surface area contributed by atoms with E-state index in [4.69, 9.17) is 17.3 Å². The smallest absolute Gasteiger partial charge is 0.141 e. The molecule has 13 heteroatoms. The fraction of sp³-hybridized carbons (Fsp3) is 0.429. The zero-order valence-electron chi connectivity index (χ0n) is 31.6. The van der Waals surface area contributed by atoms with Gasteiger partial charge in [-0.1, -0.05) is 35.9 Å². The molecule has 0 fully saturated rings. The zero-order valence-corrected chi connectivity index (χ0v) is 34.0. The molecule has 0 saturated carbocycles. The molecule has 0 bridgehead atoms. The number of anilines is 1. The number of rotatable bonds is 12. The summed E-state index contributed by atoms with van der Waals surface area (Å²) >= 11 is 9.70. The van der Waals surface area contributed by atoms with E-state index >= 15 is 0 Å². The second kappa shape index (κ2) is 20.5. The van der Waals surface area contributed by atoms with Gasteiger partial charge in [0.25, 0.3) is 0 Å². The molecule has 8 rings (SSSR count). The molecule has 292 valence electrons. The van der Waals surface area contributed by atoms with Crippen molar-refractivity contribution in [1.29, 1.82) is 0 Å². The summed E-state index contributed by atoms with van der Waals surface area (Å²) in [5.74, 6) is 0.599. The maximum absolute atomic E-state index is 13.3. The number of halogens is 3. The van der Waals surface area contributed by atoms with Crippen molar-refractivity contribution in [3.8, 4) is 0 Å². The van der Waals surface area contributed by atoms with Crippen LogP contribution < -0.4 is 21.7 Å². The largest absolute Gasteiger partial charge is 0.369 e. The Morgan fingerprint density at radius 3 is 1.80 bits per heavy atom. The molecule has 2 aromatic carbocycles. The SMILES string of the molecule is CC(NCCCN)c1cccc(F)c1.CC(NCCCNc1ncnc2sc3c(c12)CCCC3)c1cccc(F)c1.Clc1ncnc2sc3c(c12)CCCC3. The van der Waals surface area contributed by atoms with Crippen LogP contribution in [0.5, 0.6) is 0 Å². The van der Waals surface area contributed by atoms with Gasteiger partial charge in [0, 0.05) is 28.4 Å². The van der Waals surface area contributed by atoms with Gasteiger partial charge in [-0.15, -0.1) is 22.7 Å². The van der Waals surface area contributed by atoms with E-state index in [0.717, 1.165) is 77.3 Å². The molecule has 2 aliphatic rings. The van der Waals surface area contributed by atoms with E-state index in [1.165, 1.54) is 76.9 Å². The van der Waals surface area contributed by atoms with Crippen molar-refractivity contribution in [2.75, 3.05) is 31.5 Å². The first kappa shape index (κ1) is 41.0. The number of thiophene rings is 2. The maximum atomic E-state index is 13.3. The predicted octanol–water partition coefficient (Wildman–Crippen LogP) is 9.91. The summed E-state index contributed by atoms with van der Waals surface area (Å²) in [6, 6.07) is 13.7. The molecule has 2 aliphatic carbocycles. The third kappa shape index (κ3) is 11.0. The van der Waals surface area contributed by atoms with Crippen LogP contribution in [0.1, 0.15) is 96.5 Å². The van der Waals surface area contributed by atoms with E-state index in [0.29, 0.717) is 11.7 Å². The van der Waals surface area contributed by atoms with Gasteiger partial charge in [-0.25, -0.2) is 28.7 Å². The fourth-order valence-corrected chi connectivity index (χ4v) is 9.86. The molecule has 2 atom stereocenters. The van der Waals surface area contributed by atoms with Gasteiger partial charge in [-0.3, -0.25) is 0 Å². The summed E-state index contributed by atoms with van der Waals surface area (Å²) in [7, 11) is 0. The maximum Gasteiger partial charge on any atom is 0.141 e. The molecule has 4 heterocycles. The van der Waals surface area contributed by atoms with Gasteiger partial charge in [0.15, 0.2) is 0 Å². The molecule has 55 heavy (non-hydrogen) atoms. The average molecular weight is 806 g/mol. The van der Waals surface area contributed by atoms with Crippen molar-refractivity contribution in [1.82, 2.24) is 30.6 Å². The van der Waals surface area contributed by atoms with Crippen LogP contribution in [0.3, 0.4) is 0 Å². The Labute approximate surface area is 335 Å². The van der Waals surface area contributed by atoms with Crippen LogP contribution in [0.2, 0.25) is 5.15 Å². The molecule has 2 unspecified atom stereocenters. The lowest BCUT2D eigenvalue weighted by Gasteiger charge is -2.15. The first-order valence-electron chi connectivity index (χ1n) is 19.4. The van der Waals surface area contributed by atoms with Gasteiger partial charge in [-0.05, 0) is 144 Å². The van der Waals surface area contributed by atoms with Crippen molar-refractivity contribution in [2.45, 2.75) is 90.1 Å². The summed E-state index contributed by atoms with van der Waals surface area (Å²) in [5, 5.41) is 13.2. The van der Waals surface area contributed by atoms with Crippen LogP contribution >= 0.6 is 34.3 Å². The molecule has 0 spiro atoms. The Bertz CT molecular complexity index is 2140. The topological polar surface area (TPSA) is 114 Å². The first-order valence-corrected chi connectivity index (χ1v) is 21.4. The lowest BCUT2D eigenvalue weighted by Crippen LogP contribution is -2.22. The molecule has 0 radical (unpaired) electrons. The minimum absolute atomic E-state index is 0.135. The second-order valence-corrected chi connectivity index (χ2v) is 16.6. The molecule has 0 saturated heterocycles. The average Bonchev–Trinajstić information content (AvgIpc) is 3.78. The van der Waals surface area contributed by atoms with Crippen LogP contribution in [0.15, 0.2) is 61.2 Å². The van der Waals surface area contributed by atoms with Gasteiger partial charge in [-0.2, -0.15) is 0 Å². The number of benzene rings is 2. The van der Waals surface area contributed by atoms with Crippen LogP contribution in [0, 0.1) is 11.6 Å². The number of aromatic nitrogens is 4. The highest BCUT2D eigenvalue weighted by Gasteiger charge is 2.20. The Kier molecular flexibility index (Phi) is 15.3. The van der Waals surface area contributed by atoms with Crippen molar-refractivity contribution in [3.63, 3.8) is 0 Å². The number of hydrogen-bond donors (Lipinski definition) is 4. The minimum atomic E-state index is -0.185. The van der Waals surface area contributed by atoms with Gasteiger partial charge in [0.2, 0.25) is 0 Å². The van der Waals surface area contributed by atoms with E-state index in [1.54, 1.807) is 48.3 Å². The van der Waals surface area contributed by atoms with Crippen molar-refractivity contribution in [3.05, 3.63) is 110 Å². The van der Waals surface area contributed by atoms with Gasteiger partial charge >= 0.3 is 0 Å². The standard InChI is InChI=1S/C21H25FN4S.C11H17FN2.C10H9ClN2S/c1-14(15-6-4-7-16(22)12-15)23-10-5-11-24-20-19-17-8-2-3-9-18(17)27-21(19)26-13-25-20;1-9(14-7-3-6-13)10-4-2-5-11(12)8-10;11-9-8-6-3-1-2-4-7(6)14-10(8)13-5-12-9/h4,6-7,12-14,23H,2-3,5,8-11H2,1H3,(H,24,25,26);2,4-5,8-9,14H,3,6-7,13H2,1H3;5H,1-4H2. The number of fused-ring (bicyclic) bond motifs is 6. The summed E-state index contributed by atoms with van der Waals surface area (Å²) in [5.41, 5.74) is 10.2. The third-order valence-electron chi connectivity index (χ3n) is 10.1. The summed E-state index contributed by atoms with van der Waals surface area (Å²) < 4.78 is 26.2. The number of nitrogens with zero attached hydrogens (tertiary/aromatic N) is 4. The molecular weight excluding hydrogens is 754 g/mol. The highest BCUT2D eigenvalue weighted by Crippen LogP contribution is 2.39. The van der Waals surface area contributed by atoms with Crippen molar-refractivity contribution < 1.29 is 8.78 Å². The molecule has 0 amide bonds. The number of hydrogen-bond acceptors (Lipinski definition) is 10. The van der Waals surface area contributed by atoms with Gasteiger partial charge in [0.1, 0.15) is 44.9 Å². The Morgan fingerprint density at radius 1 is 0.691 bits per heavy atom. The molecule has 4 aromatic heterocycles. The van der Waals surface area contributed by atoms with Crippen molar-refractivity contribution >= 4 is 60.5 Å². The number of nitrogens with one attached hydrogen (secondary N) is 3. The lowest BCUT2D eigenvalue weighted by molar-refractivity contribution is 0.555. The normalized spacial score (nSPS) is 14.6.